The quantitative estimate of drug-likeness (QED) is 0.536. The van der Waals surface area contributed by atoms with Gasteiger partial charge in [0, 0.05) is 16.7 Å². The SMILES string of the molecule is CCC1=CCCCN=C1CI. The van der Waals surface area contributed by atoms with E-state index in [9.17, 15) is 0 Å². The Kier molecular flexibility index (Phi) is 4.12. The second-order valence-electron chi connectivity index (χ2n) is 2.69. The third kappa shape index (κ3) is 2.58. The van der Waals surface area contributed by atoms with Gasteiger partial charge in [-0.2, -0.15) is 0 Å². The number of aliphatic imine (C=N–C) groups is 1. The first kappa shape index (κ1) is 9.23. The molecular formula is C9H14IN. The van der Waals surface area contributed by atoms with Gasteiger partial charge in [-0.1, -0.05) is 35.6 Å². The van der Waals surface area contributed by atoms with Crippen molar-refractivity contribution in [3.63, 3.8) is 0 Å². The Hall–Kier alpha value is 0.140. The highest BCUT2D eigenvalue weighted by Gasteiger charge is 2.05. The summed E-state index contributed by atoms with van der Waals surface area (Å²) < 4.78 is 1.07. The van der Waals surface area contributed by atoms with E-state index in [1.165, 1.54) is 24.1 Å². The molecule has 0 saturated carbocycles. The average Bonchev–Trinajstić information content (AvgIpc) is 2.27. The molecule has 62 valence electrons. The van der Waals surface area contributed by atoms with Crippen molar-refractivity contribution in [3.8, 4) is 0 Å². The highest BCUT2D eigenvalue weighted by Crippen LogP contribution is 2.12. The van der Waals surface area contributed by atoms with Crippen LogP contribution in [0, 0.1) is 0 Å². The van der Waals surface area contributed by atoms with Crippen molar-refractivity contribution in [1.29, 1.82) is 0 Å². The maximum atomic E-state index is 4.53. The standard InChI is InChI=1S/C9H14IN/c1-2-8-5-3-4-6-11-9(8)7-10/h5H,2-4,6-7H2,1H3. The van der Waals surface area contributed by atoms with Gasteiger partial charge in [0.1, 0.15) is 0 Å². The minimum absolute atomic E-state index is 1.03. The summed E-state index contributed by atoms with van der Waals surface area (Å²) in [5.74, 6) is 0. The summed E-state index contributed by atoms with van der Waals surface area (Å²) in [4.78, 5) is 4.53. The van der Waals surface area contributed by atoms with Crippen molar-refractivity contribution >= 4 is 28.3 Å². The van der Waals surface area contributed by atoms with Crippen molar-refractivity contribution in [3.05, 3.63) is 11.6 Å². The van der Waals surface area contributed by atoms with Gasteiger partial charge < -0.3 is 0 Å². The number of hydrogen-bond acceptors (Lipinski definition) is 1. The molecule has 11 heavy (non-hydrogen) atoms. The van der Waals surface area contributed by atoms with Crippen LogP contribution in [0.2, 0.25) is 0 Å². The third-order valence-electron chi connectivity index (χ3n) is 1.93. The minimum Gasteiger partial charge on any atom is -0.289 e. The molecule has 0 atom stereocenters. The zero-order valence-corrected chi connectivity index (χ0v) is 9.10. The lowest BCUT2D eigenvalue weighted by atomic mass is 10.1. The molecule has 0 aromatic heterocycles. The van der Waals surface area contributed by atoms with Crippen LogP contribution in [0.25, 0.3) is 0 Å². The van der Waals surface area contributed by atoms with Crippen molar-refractivity contribution < 1.29 is 0 Å². The minimum atomic E-state index is 1.03. The molecule has 0 bridgehead atoms. The second kappa shape index (κ2) is 4.91. The molecule has 1 heterocycles. The Morgan fingerprint density at radius 2 is 2.45 bits per heavy atom. The molecule has 1 aliphatic heterocycles. The van der Waals surface area contributed by atoms with Crippen LogP contribution in [-0.2, 0) is 0 Å². The molecule has 0 aromatic rings. The summed E-state index contributed by atoms with van der Waals surface area (Å²) in [6, 6.07) is 0. The summed E-state index contributed by atoms with van der Waals surface area (Å²) in [6.45, 7) is 3.23. The molecule has 1 aliphatic rings. The van der Waals surface area contributed by atoms with Crippen molar-refractivity contribution in [2.24, 2.45) is 4.99 Å². The number of nitrogens with zero attached hydrogens (tertiary/aromatic N) is 1. The molecule has 1 rings (SSSR count). The van der Waals surface area contributed by atoms with Gasteiger partial charge in [0.15, 0.2) is 0 Å². The second-order valence-corrected chi connectivity index (χ2v) is 3.45. The zero-order valence-electron chi connectivity index (χ0n) is 6.94. The Bertz CT molecular complexity index is 162. The Morgan fingerprint density at radius 3 is 3.09 bits per heavy atom. The molecule has 0 N–H and O–H groups in total. The predicted octanol–water partition coefficient (Wildman–Crippen LogP) is 2.99. The lowest BCUT2D eigenvalue weighted by molar-refractivity contribution is 0.863. The van der Waals surface area contributed by atoms with Gasteiger partial charge in [0.25, 0.3) is 0 Å². The van der Waals surface area contributed by atoms with E-state index < -0.39 is 0 Å². The van der Waals surface area contributed by atoms with Gasteiger partial charge in [-0.05, 0) is 24.8 Å². The monoisotopic (exact) mass is 263 g/mol. The number of allylic oxidation sites excluding steroid dienone is 2. The molecule has 0 aromatic carbocycles. The topological polar surface area (TPSA) is 12.4 Å². The van der Waals surface area contributed by atoms with Gasteiger partial charge in [-0.25, -0.2) is 0 Å². The average molecular weight is 263 g/mol. The molecule has 2 heteroatoms. The molecule has 0 amide bonds. The van der Waals surface area contributed by atoms with Gasteiger partial charge in [-0.3, -0.25) is 4.99 Å². The van der Waals surface area contributed by atoms with Crippen LogP contribution < -0.4 is 0 Å². The zero-order chi connectivity index (χ0) is 8.10. The van der Waals surface area contributed by atoms with Crippen LogP contribution in [0.5, 0.6) is 0 Å². The molecule has 0 spiro atoms. The van der Waals surface area contributed by atoms with Crippen molar-refractivity contribution in [1.82, 2.24) is 0 Å². The molecule has 0 saturated heterocycles. The largest absolute Gasteiger partial charge is 0.289 e. The van der Waals surface area contributed by atoms with E-state index in [1.54, 1.807) is 0 Å². The summed E-state index contributed by atoms with van der Waals surface area (Å²) in [5, 5.41) is 0. The Morgan fingerprint density at radius 1 is 1.64 bits per heavy atom. The lowest BCUT2D eigenvalue weighted by Crippen LogP contribution is -2.03. The Labute approximate surface area is 82.1 Å². The van der Waals surface area contributed by atoms with Gasteiger partial charge in [0.2, 0.25) is 0 Å². The summed E-state index contributed by atoms with van der Waals surface area (Å²) in [6.07, 6.45) is 5.93. The van der Waals surface area contributed by atoms with Crippen LogP contribution in [0.4, 0.5) is 0 Å². The third-order valence-corrected chi connectivity index (χ3v) is 2.66. The van der Waals surface area contributed by atoms with Crippen molar-refractivity contribution in [2.45, 2.75) is 26.2 Å². The van der Waals surface area contributed by atoms with Crippen LogP contribution in [-0.4, -0.2) is 16.7 Å². The van der Waals surface area contributed by atoms with Crippen molar-refractivity contribution in [2.75, 3.05) is 11.0 Å². The van der Waals surface area contributed by atoms with E-state index in [0.717, 1.165) is 17.4 Å². The predicted molar refractivity (Wildman–Crippen MR) is 58.8 cm³/mol. The molecule has 0 radical (unpaired) electrons. The first-order valence-electron chi connectivity index (χ1n) is 4.17. The van der Waals surface area contributed by atoms with Crippen LogP contribution in [0.3, 0.4) is 0 Å². The first-order chi connectivity index (χ1) is 5.38. The van der Waals surface area contributed by atoms with E-state index in [1.807, 2.05) is 0 Å². The van der Waals surface area contributed by atoms with Gasteiger partial charge in [0.05, 0.1) is 0 Å². The highest BCUT2D eigenvalue weighted by atomic mass is 127. The van der Waals surface area contributed by atoms with E-state index in [2.05, 4.69) is 40.6 Å². The van der Waals surface area contributed by atoms with E-state index in [0.29, 0.717) is 0 Å². The normalized spacial score (nSPS) is 18.7. The summed E-state index contributed by atoms with van der Waals surface area (Å²) in [5.41, 5.74) is 2.79. The lowest BCUT2D eigenvalue weighted by Gasteiger charge is -2.02. The number of halogens is 1. The van der Waals surface area contributed by atoms with Crippen LogP contribution >= 0.6 is 22.6 Å². The fourth-order valence-corrected chi connectivity index (χ4v) is 2.01. The maximum absolute atomic E-state index is 4.53. The fourth-order valence-electron chi connectivity index (χ4n) is 1.28. The molecular weight excluding hydrogens is 249 g/mol. The highest BCUT2D eigenvalue weighted by molar-refractivity contribution is 14.1. The molecule has 0 aliphatic carbocycles. The molecule has 1 nitrogen and oxygen atoms in total. The number of hydrogen-bond donors (Lipinski definition) is 0. The molecule has 0 unspecified atom stereocenters. The summed E-state index contributed by atoms with van der Waals surface area (Å²) in [7, 11) is 0. The van der Waals surface area contributed by atoms with Crippen LogP contribution in [0.1, 0.15) is 26.2 Å². The maximum Gasteiger partial charge on any atom is 0.0474 e. The van der Waals surface area contributed by atoms with E-state index >= 15 is 0 Å². The fraction of sp³-hybridized carbons (Fsp3) is 0.667. The summed E-state index contributed by atoms with van der Waals surface area (Å²) >= 11 is 2.39. The smallest absolute Gasteiger partial charge is 0.0474 e. The first-order valence-corrected chi connectivity index (χ1v) is 5.69. The van der Waals surface area contributed by atoms with E-state index in [4.69, 9.17) is 0 Å². The van der Waals surface area contributed by atoms with Gasteiger partial charge >= 0.3 is 0 Å². The van der Waals surface area contributed by atoms with Gasteiger partial charge in [-0.15, -0.1) is 0 Å². The number of alkyl halides is 1. The van der Waals surface area contributed by atoms with Crippen LogP contribution in [0.15, 0.2) is 16.6 Å². The molecule has 0 fully saturated rings. The number of rotatable bonds is 2. The van der Waals surface area contributed by atoms with E-state index in [-0.39, 0.29) is 0 Å². The Balaban J connectivity index is 2.73.